The first-order chi connectivity index (χ1) is 12.3. The van der Waals surface area contributed by atoms with E-state index in [0.717, 1.165) is 31.8 Å². The Balaban J connectivity index is 1.66. The molecule has 134 valence electrons. The average Bonchev–Trinajstić information content (AvgIpc) is 3.09. The highest BCUT2D eigenvalue weighted by atomic mass is 16.5. The lowest BCUT2D eigenvalue weighted by molar-refractivity contribution is 0.0332. The predicted octanol–water partition coefficient (Wildman–Crippen LogP) is 2.88. The van der Waals surface area contributed by atoms with Gasteiger partial charge in [-0.15, -0.1) is 0 Å². The van der Waals surface area contributed by atoms with E-state index in [0.29, 0.717) is 12.1 Å². The SMILES string of the molecule is COc1ccc2ccccc2c1CN1C[C@H]2CCCN2C[C@@H]1CCO. The number of piperazine rings is 1. The summed E-state index contributed by atoms with van der Waals surface area (Å²) in [6.07, 6.45) is 3.45. The molecule has 0 aliphatic carbocycles. The average molecular weight is 340 g/mol. The first-order valence-electron chi connectivity index (χ1n) is 9.43. The maximum atomic E-state index is 9.55. The van der Waals surface area contributed by atoms with E-state index in [9.17, 15) is 5.11 Å². The highest BCUT2D eigenvalue weighted by Gasteiger charge is 2.36. The normalized spacial score (nSPS) is 24.6. The van der Waals surface area contributed by atoms with Gasteiger partial charge in [0, 0.05) is 43.9 Å². The molecule has 0 spiro atoms. The molecule has 4 nitrogen and oxygen atoms in total. The minimum atomic E-state index is 0.256. The molecule has 0 aromatic heterocycles. The molecule has 0 bridgehead atoms. The number of hydrogen-bond acceptors (Lipinski definition) is 4. The van der Waals surface area contributed by atoms with Gasteiger partial charge in [-0.3, -0.25) is 9.80 Å². The number of aliphatic hydroxyl groups excluding tert-OH is 1. The van der Waals surface area contributed by atoms with Crippen LogP contribution in [-0.2, 0) is 6.54 Å². The molecule has 2 aromatic rings. The van der Waals surface area contributed by atoms with E-state index >= 15 is 0 Å². The van der Waals surface area contributed by atoms with E-state index in [-0.39, 0.29) is 6.61 Å². The second-order valence-corrected chi connectivity index (χ2v) is 7.35. The van der Waals surface area contributed by atoms with Crippen LogP contribution in [0.25, 0.3) is 10.8 Å². The fourth-order valence-electron chi connectivity index (χ4n) is 4.64. The third kappa shape index (κ3) is 3.26. The molecule has 2 aliphatic rings. The molecule has 0 saturated carbocycles. The molecule has 0 radical (unpaired) electrons. The van der Waals surface area contributed by atoms with Gasteiger partial charge in [-0.25, -0.2) is 0 Å². The number of benzene rings is 2. The Morgan fingerprint density at radius 3 is 2.88 bits per heavy atom. The summed E-state index contributed by atoms with van der Waals surface area (Å²) >= 11 is 0. The molecule has 2 aliphatic heterocycles. The van der Waals surface area contributed by atoms with E-state index in [1.54, 1.807) is 7.11 Å². The van der Waals surface area contributed by atoms with Gasteiger partial charge in [0.2, 0.25) is 0 Å². The first-order valence-corrected chi connectivity index (χ1v) is 9.43. The number of hydrogen-bond donors (Lipinski definition) is 1. The zero-order valence-corrected chi connectivity index (χ0v) is 15.0. The summed E-state index contributed by atoms with van der Waals surface area (Å²) in [5.41, 5.74) is 1.27. The Kier molecular flexibility index (Phi) is 4.93. The van der Waals surface area contributed by atoms with Gasteiger partial charge >= 0.3 is 0 Å². The molecule has 0 amide bonds. The van der Waals surface area contributed by atoms with Gasteiger partial charge in [-0.05, 0) is 42.6 Å². The van der Waals surface area contributed by atoms with Crippen LogP contribution in [0.4, 0.5) is 0 Å². The van der Waals surface area contributed by atoms with E-state index in [1.165, 1.54) is 35.7 Å². The molecular formula is C21H28N2O2. The quantitative estimate of drug-likeness (QED) is 0.908. The van der Waals surface area contributed by atoms with Crippen molar-refractivity contribution < 1.29 is 9.84 Å². The van der Waals surface area contributed by atoms with Gasteiger partial charge in [0.1, 0.15) is 5.75 Å². The lowest BCUT2D eigenvalue weighted by Crippen LogP contribution is -2.55. The summed E-state index contributed by atoms with van der Waals surface area (Å²) in [4.78, 5) is 5.20. The fraction of sp³-hybridized carbons (Fsp3) is 0.524. The monoisotopic (exact) mass is 340 g/mol. The summed E-state index contributed by atoms with van der Waals surface area (Å²) in [6, 6.07) is 13.9. The summed E-state index contributed by atoms with van der Waals surface area (Å²) in [5.74, 6) is 0.968. The maximum absolute atomic E-state index is 9.55. The highest BCUT2D eigenvalue weighted by molar-refractivity contribution is 5.87. The molecule has 4 heteroatoms. The standard InChI is InChI=1S/C21H28N2O2/c1-25-21-9-8-16-5-2-3-7-19(16)20(21)15-23-14-17-6-4-11-22(17)13-18(23)10-12-24/h2-3,5,7-9,17-18,24H,4,6,10-15H2,1H3/t17-,18+/m1/s1. The Morgan fingerprint density at radius 1 is 1.16 bits per heavy atom. The third-order valence-electron chi connectivity index (χ3n) is 5.95. The largest absolute Gasteiger partial charge is 0.496 e. The minimum absolute atomic E-state index is 0.256. The topological polar surface area (TPSA) is 35.9 Å². The van der Waals surface area contributed by atoms with Crippen molar-refractivity contribution in [1.82, 2.24) is 9.80 Å². The lowest BCUT2D eigenvalue weighted by atomic mass is 9.99. The second kappa shape index (κ2) is 7.32. The molecule has 2 atom stereocenters. The van der Waals surface area contributed by atoms with Crippen LogP contribution >= 0.6 is 0 Å². The van der Waals surface area contributed by atoms with Gasteiger partial charge < -0.3 is 9.84 Å². The van der Waals surface area contributed by atoms with Crippen LogP contribution in [0.3, 0.4) is 0 Å². The van der Waals surface area contributed by atoms with Crippen molar-refractivity contribution in [3.8, 4) is 5.75 Å². The number of nitrogens with zero attached hydrogens (tertiary/aromatic N) is 2. The number of methoxy groups -OCH3 is 1. The Morgan fingerprint density at radius 2 is 2.04 bits per heavy atom. The van der Waals surface area contributed by atoms with Crippen LogP contribution in [0.1, 0.15) is 24.8 Å². The zero-order valence-electron chi connectivity index (χ0n) is 15.0. The number of ether oxygens (including phenoxy) is 1. The van der Waals surface area contributed by atoms with Crippen LogP contribution in [0, 0.1) is 0 Å². The van der Waals surface area contributed by atoms with E-state index in [4.69, 9.17) is 4.74 Å². The van der Waals surface area contributed by atoms with Crippen molar-refractivity contribution >= 4 is 10.8 Å². The molecule has 1 N–H and O–H groups in total. The molecule has 25 heavy (non-hydrogen) atoms. The summed E-state index contributed by atoms with van der Waals surface area (Å²) in [5, 5.41) is 12.1. The van der Waals surface area contributed by atoms with Crippen LogP contribution in [-0.4, -0.2) is 60.3 Å². The van der Waals surface area contributed by atoms with Crippen molar-refractivity contribution in [3.63, 3.8) is 0 Å². The van der Waals surface area contributed by atoms with Gasteiger partial charge in [-0.1, -0.05) is 30.3 Å². The van der Waals surface area contributed by atoms with Gasteiger partial charge in [0.25, 0.3) is 0 Å². The molecule has 2 saturated heterocycles. The van der Waals surface area contributed by atoms with Crippen molar-refractivity contribution in [2.45, 2.75) is 37.9 Å². The van der Waals surface area contributed by atoms with E-state index in [2.05, 4.69) is 46.2 Å². The number of rotatable bonds is 5. The molecule has 4 rings (SSSR count). The molecular weight excluding hydrogens is 312 g/mol. The number of fused-ring (bicyclic) bond motifs is 2. The van der Waals surface area contributed by atoms with Gasteiger partial charge in [0.15, 0.2) is 0 Å². The van der Waals surface area contributed by atoms with Crippen LogP contribution in [0.2, 0.25) is 0 Å². The van der Waals surface area contributed by atoms with Gasteiger partial charge in [-0.2, -0.15) is 0 Å². The first kappa shape index (κ1) is 16.8. The Bertz CT molecular complexity index is 733. The molecule has 2 heterocycles. The van der Waals surface area contributed by atoms with Crippen molar-refractivity contribution in [2.24, 2.45) is 0 Å². The van der Waals surface area contributed by atoms with Gasteiger partial charge in [0.05, 0.1) is 7.11 Å². The third-order valence-corrected chi connectivity index (χ3v) is 5.95. The Hall–Kier alpha value is -1.62. The fourth-order valence-corrected chi connectivity index (χ4v) is 4.64. The van der Waals surface area contributed by atoms with Crippen LogP contribution < -0.4 is 4.74 Å². The van der Waals surface area contributed by atoms with E-state index in [1.807, 2.05) is 0 Å². The van der Waals surface area contributed by atoms with Crippen LogP contribution in [0.15, 0.2) is 36.4 Å². The maximum Gasteiger partial charge on any atom is 0.123 e. The molecule has 0 unspecified atom stereocenters. The summed E-state index contributed by atoms with van der Waals surface area (Å²) in [7, 11) is 1.76. The summed E-state index contributed by atoms with van der Waals surface area (Å²) < 4.78 is 5.69. The molecule has 2 aromatic carbocycles. The summed E-state index contributed by atoms with van der Waals surface area (Å²) in [6.45, 7) is 4.54. The van der Waals surface area contributed by atoms with Crippen molar-refractivity contribution in [3.05, 3.63) is 42.0 Å². The molecule has 2 fully saturated rings. The minimum Gasteiger partial charge on any atom is -0.496 e. The predicted molar refractivity (Wildman–Crippen MR) is 101 cm³/mol. The highest BCUT2D eigenvalue weighted by Crippen LogP contribution is 2.32. The zero-order chi connectivity index (χ0) is 17.2. The second-order valence-electron chi connectivity index (χ2n) is 7.35. The Labute approximate surface area is 150 Å². The van der Waals surface area contributed by atoms with Crippen molar-refractivity contribution in [1.29, 1.82) is 0 Å². The van der Waals surface area contributed by atoms with Crippen molar-refractivity contribution in [2.75, 3.05) is 33.4 Å². The smallest absolute Gasteiger partial charge is 0.123 e. The van der Waals surface area contributed by atoms with Crippen LogP contribution in [0.5, 0.6) is 5.75 Å². The van der Waals surface area contributed by atoms with E-state index < -0.39 is 0 Å². The lowest BCUT2D eigenvalue weighted by Gasteiger charge is -2.44. The number of aliphatic hydroxyl groups is 1.